The molecule has 2 nitrogen and oxygen atoms in total. The Labute approximate surface area is 389 Å². The van der Waals surface area contributed by atoms with Crippen LogP contribution in [0.5, 0.6) is 0 Å². The van der Waals surface area contributed by atoms with E-state index in [4.69, 9.17) is 13.2 Å². The van der Waals surface area contributed by atoms with Gasteiger partial charge in [0.15, 0.2) is 0 Å². The van der Waals surface area contributed by atoms with E-state index in [1.54, 1.807) is 0 Å². The minimum absolute atomic E-state index is 0.756. The molecule has 0 saturated carbocycles. The van der Waals surface area contributed by atoms with Crippen LogP contribution in [0.2, 0.25) is 0 Å². The Balaban J connectivity index is 1.09. The van der Waals surface area contributed by atoms with Gasteiger partial charge in [0.05, 0.1) is 5.52 Å². The van der Waals surface area contributed by atoms with Crippen LogP contribution in [0.15, 0.2) is 225 Å². The monoisotopic (exact) mass is 852 g/mol. The van der Waals surface area contributed by atoms with Gasteiger partial charge in [0.25, 0.3) is 0 Å². The molecule has 9 rings (SSSR count). The fourth-order valence-electron chi connectivity index (χ4n) is 9.73. The smallest absolute Gasteiger partial charge is 0.0578 e. The number of hydrogen-bond acceptors (Lipinski definition) is 1. The molecule has 1 heterocycles. The minimum atomic E-state index is 0.756. The lowest BCUT2D eigenvalue weighted by Gasteiger charge is -2.27. The Morgan fingerprint density at radius 3 is 2.21 bits per heavy atom. The zero-order chi connectivity index (χ0) is 45.7. The number of aromatic nitrogens is 1. The highest BCUT2D eigenvalue weighted by molar-refractivity contribution is 6.08. The van der Waals surface area contributed by atoms with Gasteiger partial charge in [0.1, 0.15) is 0 Å². The van der Waals surface area contributed by atoms with Crippen molar-refractivity contribution in [1.29, 1.82) is 0 Å². The Bertz CT molecular complexity index is 3560. The molecular weight excluding hydrogens is 797 g/mol. The van der Waals surface area contributed by atoms with Gasteiger partial charge >= 0.3 is 0 Å². The SMILES string of the molecule is C=CCc1ccc(/C(C)=C/C=C\C(=C)N(C(=C)/C=c2/ccc3ccccc3/c2=C/C)C2=CCC=C(c3ccc4c(ccc5ccccc54)c3)C=C2)c2c(/C=C\C)c(C)n(-c3ccccc3)c12. The van der Waals surface area contributed by atoms with Crippen molar-refractivity contribution in [2.45, 2.75) is 40.5 Å². The lowest BCUT2D eigenvalue weighted by atomic mass is 9.95. The Morgan fingerprint density at radius 1 is 0.727 bits per heavy atom. The van der Waals surface area contributed by atoms with Crippen LogP contribution in [-0.2, 0) is 6.42 Å². The fourth-order valence-corrected chi connectivity index (χ4v) is 9.73. The molecule has 66 heavy (non-hydrogen) atoms. The Kier molecular flexibility index (Phi) is 12.5. The highest BCUT2D eigenvalue weighted by atomic mass is 15.2. The van der Waals surface area contributed by atoms with Crippen LogP contribution >= 0.6 is 0 Å². The van der Waals surface area contributed by atoms with Crippen LogP contribution in [0.25, 0.3) is 78.3 Å². The van der Waals surface area contributed by atoms with Crippen molar-refractivity contribution in [1.82, 2.24) is 9.47 Å². The van der Waals surface area contributed by atoms with Crippen molar-refractivity contribution < 1.29 is 0 Å². The van der Waals surface area contributed by atoms with Crippen molar-refractivity contribution in [2.24, 2.45) is 0 Å². The second-order valence-electron chi connectivity index (χ2n) is 17.0. The van der Waals surface area contributed by atoms with Crippen LogP contribution in [-0.4, -0.2) is 9.47 Å². The highest BCUT2D eigenvalue weighted by Gasteiger charge is 2.20. The minimum Gasteiger partial charge on any atom is -0.313 e. The molecule has 0 bridgehead atoms. The van der Waals surface area contributed by atoms with E-state index < -0.39 is 0 Å². The van der Waals surface area contributed by atoms with Gasteiger partial charge in [-0.05, 0) is 148 Å². The van der Waals surface area contributed by atoms with Crippen molar-refractivity contribution in [3.63, 3.8) is 0 Å². The van der Waals surface area contributed by atoms with E-state index in [1.807, 2.05) is 6.08 Å². The standard InChI is InChI=1S/C64H56N2/c1-8-20-51-37-40-58(63-59(21-9-2)47(7)66(64(51)63)55-27-12-11-13-28-55)44(4)22-18-23-45(5)65(46(6)42-53-34-32-49-24-14-16-30-60(49)57(53)10-3)56-29-19-26-48(36-39-56)52-38-41-62-54(43-52)35-33-50-25-15-17-31-61(50)62/h8-18,21-43H,1,5-6,19-20H2,2-4,7H3/b21-9-,23-18-,44-22+,53-42-,57-10+. The molecule has 2 heteroatoms. The number of nitrogens with zero attached hydrogens (tertiary/aromatic N) is 2. The summed E-state index contributed by atoms with van der Waals surface area (Å²) in [5.74, 6) is 0. The van der Waals surface area contributed by atoms with E-state index in [0.717, 1.165) is 46.4 Å². The number of hydrogen-bond donors (Lipinski definition) is 0. The van der Waals surface area contributed by atoms with Gasteiger partial charge in [0.2, 0.25) is 0 Å². The maximum atomic E-state index is 4.72. The van der Waals surface area contributed by atoms with E-state index in [2.05, 4.69) is 244 Å². The molecule has 0 unspecified atom stereocenters. The quantitative estimate of drug-likeness (QED) is 0.0675. The summed E-state index contributed by atoms with van der Waals surface area (Å²) in [5, 5.41) is 11.0. The molecule has 322 valence electrons. The first-order valence-corrected chi connectivity index (χ1v) is 22.9. The van der Waals surface area contributed by atoms with Gasteiger partial charge in [-0.15, -0.1) is 6.58 Å². The Morgan fingerprint density at radius 2 is 1.44 bits per heavy atom. The zero-order valence-corrected chi connectivity index (χ0v) is 38.6. The zero-order valence-electron chi connectivity index (χ0n) is 38.6. The van der Waals surface area contributed by atoms with Crippen molar-refractivity contribution >= 4 is 72.6 Å². The lowest BCUT2D eigenvalue weighted by Crippen LogP contribution is -2.27. The number of benzene rings is 7. The largest absolute Gasteiger partial charge is 0.313 e. The summed E-state index contributed by atoms with van der Waals surface area (Å²) in [7, 11) is 0. The molecule has 7 aromatic carbocycles. The van der Waals surface area contributed by atoms with Crippen molar-refractivity contribution in [3.8, 4) is 5.69 Å². The normalized spacial score (nSPS) is 13.9. The van der Waals surface area contributed by atoms with E-state index in [9.17, 15) is 0 Å². The summed E-state index contributed by atoms with van der Waals surface area (Å²) in [5.41, 5.74) is 13.4. The molecule has 8 aromatic rings. The average molecular weight is 853 g/mol. The van der Waals surface area contributed by atoms with Crippen LogP contribution in [0.3, 0.4) is 0 Å². The summed E-state index contributed by atoms with van der Waals surface area (Å²) in [6.45, 7) is 22.2. The van der Waals surface area contributed by atoms with Gasteiger partial charge in [-0.3, -0.25) is 0 Å². The number of fused-ring (bicyclic) bond motifs is 5. The first kappa shape index (κ1) is 43.3. The molecule has 0 N–H and O–H groups in total. The molecule has 1 aliphatic carbocycles. The van der Waals surface area contributed by atoms with Gasteiger partial charge in [-0.1, -0.05) is 183 Å². The molecule has 0 amide bonds. The third-order valence-electron chi connectivity index (χ3n) is 12.9. The molecule has 1 aromatic heterocycles. The molecule has 0 spiro atoms. The summed E-state index contributed by atoms with van der Waals surface area (Å²) < 4.78 is 2.41. The van der Waals surface area contributed by atoms with Gasteiger partial charge < -0.3 is 9.47 Å². The van der Waals surface area contributed by atoms with Crippen LogP contribution in [0.4, 0.5) is 0 Å². The molecule has 0 atom stereocenters. The van der Waals surface area contributed by atoms with Crippen LogP contribution < -0.4 is 10.4 Å². The summed E-state index contributed by atoms with van der Waals surface area (Å²) >= 11 is 0. The maximum absolute atomic E-state index is 4.72. The second kappa shape index (κ2) is 19.0. The summed E-state index contributed by atoms with van der Waals surface area (Å²) in [6.07, 6.45) is 27.8. The molecule has 1 aliphatic rings. The maximum Gasteiger partial charge on any atom is 0.0578 e. The van der Waals surface area contributed by atoms with Gasteiger partial charge in [-0.25, -0.2) is 0 Å². The van der Waals surface area contributed by atoms with E-state index in [0.29, 0.717) is 0 Å². The van der Waals surface area contributed by atoms with Gasteiger partial charge in [-0.2, -0.15) is 0 Å². The van der Waals surface area contributed by atoms with E-state index >= 15 is 0 Å². The molecular formula is C64H56N2. The first-order valence-electron chi connectivity index (χ1n) is 22.9. The lowest BCUT2D eigenvalue weighted by molar-refractivity contribution is 0.589. The topological polar surface area (TPSA) is 8.17 Å². The Hall–Kier alpha value is -7.94. The number of rotatable bonds is 12. The van der Waals surface area contributed by atoms with Crippen molar-refractivity contribution in [3.05, 3.63) is 263 Å². The highest BCUT2D eigenvalue weighted by Crippen LogP contribution is 2.38. The predicted octanol–water partition coefficient (Wildman–Crippen LogP) is 15.7. The third-order valence-corrected chi connectivity index (χ3v) is 12.9. The second-order valence-corrected chi connectivity index (χ2v) is 17.0. The van der Waals surface area contributed by atoms with Crippen LogP contribution in [0, 0.1) is 6.92 Å². The van der Waals surface area contributed by atoms with Gasteiger partial charge in [0, 0.05) is 39.4 Å². The van der Waals surface area contributed by atoms with E-state index in [-0.39, 0.29) is 0 Å². The fraction of sp³-hybridized carbons (Fsp3) is 0.0938. The van der Waals surface area contributed by atoms with E-state index in [1.165, 1.54) is 82.0 Å². The molecule has 0 fully saturated rings. The summed E-state index contributed by atoms with van der Waals surface area (Å²) in [6, 6.07) is 48.0. The first-order chi connectivity index (χ1) is 32.3. The predicted molar refractivity (Wildman–Crippen MR) is 289 cm³/mol. The third kappa shape index (κ3) is 8.30. The number of para-hydroxylation sites is 1. The molecule has 0 radical (unpaired) electrons. The average Bonchev–Trinajstić information content (AvgIpc) is 3.45. The molecule has 0 saturated heterocycles. The number of allylic oxidation sites excluding steroid dienone is 12. The molecule has 0 aliphatic heterocycles. The van der Waals surface area contributed by atoms with Crippen LogP contribution in [0.1, 0.15) is 55.1 Å². The van der Waals surface area contributed by atoms with Crippen molar-refractivity contribution in [2.75, 3.05) is 0 Å². The summed E-state index contributed by atoms with van der Waals surface area (Å²) in [4.78, 5) is 2.18.